The molecule has 0 bridgehead atoms. The smallest absolute Gasteiger partial charge is 0.460 e. The third-order valence-corrected chi connectivity index (χ3v) is 8.33. The van der Waals surface area contributed by atoms with Gasteiger partial charge in [0.2, 0.25) is 0 Å². The molecule has 0 fully saturated rings. The van der Waals surface area contributed by atoms with E-state index in [-0.39, 0.29) is 10.9 Å². The fraction of sp³-hybridized carbons (Fsp3) is 0.308. The van der Waals surface area contributed by atoms with Crippen molar-refractivity contribution in [1.82, 2.24) is 0 Å². The maximum absolute atomic E-state index is 12.2. The highest BCUT2D eigenvalue weighted by Crippen LogP contribution is 2.54. The van der Waals surface area contributed by atoms with Crippen LogP contribution in [0.4, 0.5) is 39.5 Å². The lowest BCUT2D eigenvalue weighted by atomic mass is 10.1. The van der Waals surface area contributed by atoms with Gasteiger partial charge < -0.3 is 9.29 Å². The minimum absolute atomic E-state index is 0.0858. The average molecular weight is 635 g/mol. The molecule has 0 N–H and O–H groups in total. The van der Waals surface area contributed by atoms with Gasteiger partial charge in [0.15, 0.2) is 24.8 Å². The quantitative estimate of drug-likeness (QED) is 0.0984. The highest BCUT2D eigenvalue weighted by molar-refractivity contribution is 7.97. The highest BCUT2D eigenvalue weighted by Gasteiger charge is 2.83. The molecule has 0 aliphatic rings. The minimum atomic E-state index is -7.43. The first-order chi connectivity index (χ1) is 18.9. The number of halogens is 9. The molecule has 0 unspecified atom stereocenters. The van der Waals surface area contributed by atoms with Crippen LogP contribution in [0.5, 0.6) is 5.75 Å². The van der Waals surface area contributed by atoms with Crippen LogP contribution in [0.3, 0.4) is 0 Å². The van der Waals surface area contributed by atoms with Gasteiger partial charge in [0.05, 0.1) is 17.5 Å². The van der Waals surface area contributed by atoms with Crippen molar-refractivity contribution in [2.45, 2.75) is 57.7 Å². The van der Waals surface area contributed by atoms with Gasteiger partial charge in [0.25, 0.3) is 0 Å². The predicted molar refractivity (Wildman–Crippen MR) is 132 cm³/mol. The van der Waals surface area contributed by atoms with Crippen LogP contribution in [-0.4, -0.2) is 42.9 Å². The van der Waals surface area contributed by atoms with Crippen LogP contribution in [0.2, 0.25) is 0 Å². The van der Waals surface area contributed by atoms with Crippen LogP contribution in [0, 0.1) is 0 Å². The monoisotopic (exact) mass is 634 g/mol. The van der Waals surface area contributed by atoms with Crippen LogP contribution in [0.15, 0.2) is 99.6 Å². The van der Waals surface area contributed by atoms with Gasteiger partial charge >= 0.3 is 23.3 Å². The molecule has 3 aromatic carbocycles. The van der Waals surface area contributed by atoms with Crippen molar-refractivity contribution in [3.05, 3.63) is 84.9 Å². The van der Waals surface area contributed by atoms with E-state index in [0.717, 1.165) is 25.2 Å². The Labute approximate surface area is 233 Å². The van der Waals surface area contributed by atoms with E-state index in [2.05, 4.69) is 91.9 Å². The summed E-state index contributed by atoms with van der Waals surface area (Å²) < 4.78 is 141. The molecule has 0 aliphatic heterocycles. The molecule has 0 saturated carbocycles. The number of ether oxygens (including phenoxy) is 1. The average Bonchev–Trinajstić information content (AvgIpc) is 2.90. The number of rotatable bonds is 10. The summed E-state index contributed by atoms with van der Waals surface area (Å²) in [6, 6.07) is 30.0. The van der Waals surface area contributed by atoms with Crippen molar-refractivity contribution in [2.24, 2.45) is 0 Å². The standard InChI is InChI=1S/C22H23OS.C4HF9O3S/c1-2-3-18-23-19-14-16-22(17-15-19)24(20-10-6-4-7-11-20)21-12-8-5-9-13-21;5-1(6,3(9,10)11)2(7,8)4(12,13)17(14,15)16/h4-17H,2-3,18H2,1H3;(H,14,15,16)/q+1;/p-1. The Balaban J connectivity index is 0.000000307. The van der Waals surface area contributed by atoms with Crippen molar-refractivity contribution in [3.63, 3.8) is 0 Å². The fourth-order valence-corrected chi connectivity index (χ4v) is 5.57. The Hall–Kier alpha value is -2.91. The zero-order valence-electron chi connectivity index (χ0n) is 21.1. The summed E-state index contributed by atoms with van der Waals surface area (Å²) in [5.41, 5.74) is 0. The lowest BCUT2D eigenvalue weighted by Gasteiger charge is -2.34. The van der Waals surface area contributed by atoms with Crippen LogP contribution >= 0.6 is 0 Å². The zero-order valence-corrected chi connectivity index (χ0v) is 22.7. The SMILES string of the molecule is CCCCOc1ccc([S+](c2ccccc2)c2ccccc2)cc1.O=S(=O)([O-])C(F)(F)C(F)(F)C(F)(F)C(F)(F)F. The molecule has 0 aromatic heterocycles. The molecule has 0 radical (unpaired) electrons. The van der Waals surface area contributed by atoms with Crippen molar-refractivity contribution >= 4 is 21.0 Å². The van der Waals surface area contributed by atoms with Gasteiger partial charge in [0.1, 0.15) is 5.75 Å². The van der Waals surface area contributed by atoms with E-state index in [1.807, 2.05) is 0 Å². The first kappa shape index (κ1) is 34.3. The summed E-state index contributed by atoms with van der Waals surface area (Å²) in [5, 5.41) is -7.11. The highest BCUT2D eigenvalue weighted by atomic mass is 32.2. The van der Waals surface area contributed by atoms with Gasteiger partial charge in [-0.2, -0.15) is 39.5 Å². The van der Waals surface area contributed by atoms with E-state index in [1.165, 1.54) is 14.7 Å². The number of benzene rings is 3. The van der Waals surface area contributed by atoms with Gasteiger partial charge in [0, 0.05) is 0 Å². The molecular weight excluding hydrogens is 611 g/mol. The summed E-state index contributed by atoms with van der Waals surface area (Å²) in [5.74, 6) is -13.9. The lowest BCUT2D eigenvalue weighted by molar-refractivity contribution is -0.382. The van der Waals surface area contributed by atoms with Gasteiger partial charge in [-0.15, -0.1) is 0 Å². The normalized spacial score (nSPS) is 13.0. The lowest BCUT2D eigenvalue weighted by Crippen LogP contribution is -2.63. The van der Waals surface area contributed by atoms with E-state index in [4.69, 9.17) is 4.74 Å². The number of hydrogen-bond acceptors (Lipinski definition) is 4. The molecule has 15 heteroatoms. The Morgan fingerprint density at radius 3 is 1.46 bits per heavy atom. The first-order valence-corrected chi connectivity index (χ1v) is 14.2. The van der Waals surface area contributed by atoms with Crippen molar-refractivity contribution in [1.29, 1.82) is 0 Å². The maximum Gasteiger partial charge on any atom is 0.460 e. The van der Waals surface area contributed by atoms with Crippen LogP contribution in [0.1, 0.15) is 19.8 Å². The van der Waals surface area contributed by atoms with Gasteiger partial charge in [-0.05, 0) is 55.0 Å². The van der Waals surface area contributed by atoms with Crippen molar-refractivity contribution in [2.75, 3.05) is 6.61 Å². The molecule has 3 rings (SSSR count). The van der Waals surface area contributed by atoms with Gasteiger partial charge in [-0.3, -0.25) is 0 Å². The molecule has 0 saturated heterocycles. The number of hydrogen-bond donors (Lipinski definition) is 0. The molecule has 0 heterocycles. The van der Waals surface area contributed by atoms with E-state index in [1.54, 1.807) is 0 Å². The molecule has 0 amide bonds. The molecule has 0 atom stereocenters. The summed E-state index contributed by atoms with van der Waals surface area (Å²) in [6.45, 7) is 2.97. The third-order valence-electron chi connectivity index (χ3n) is 5.21. The second-order valence-corrected chi connectivity index (χ2v) is 11.7. The Bertz CT molecular complexity index is 1300. The number of alkyl halides is 9. The Morgan fingerprint density at radius 1 is 0.683 bits per heavy atom. The number of unbranched alkanes of at least 4 members (excludes halogenated alkanes) is 1. The minimum Gasteiger partial charge on any atom is -0.743 e. The van der Waals surface area contributed by atoms with Crippen LogP contribution in [0.25, 0.3) is 0 Å². The van der Waals surface area contributed by atoms with E-state index in [9.17, 15) is 52.5 Å². The predicted octanol–water partition coefficient (Wildman–Crippen LogP) is 7.92. The molecule has 4 nitrogen and oxygen atoms in total. The molecule has 226 valence electrons. The summed E-state index contributed by atoms with van der Waals surface area (Å²) in [6.07, 6.45) is -4.91. The first-order valence-electron chi connectivity index (χ1n) is 11.6. The zero-order chi connectivity index (χ0) is 31.1. The van der Waals surface area contributed by atoms with E-state index < -0.39 is 33.4 Å². The van der Waals surface area contributed by atoms with Gasteiger partial charge in [-0.25, -0.2) is 8.42 Å². The molecule has 3 aromatic rings. The molecule has 0 spiro atoms. The van der Waals surface area contributed by atoms with Crippen molar-refractivity contribution < 1.29 is 57.2 Å². The van der Waals surface area contributed by atoms with Crippen LogP contribution < -0.4 is 4.74 Å². The van der Waals surface area contributed by atoms with E-state index in [0.29, 0.717) is 0 Å². The van der Waals surface area contributed by atoms with Crippen molar-refractivity contribution in [3.8, 4) is 5.75 Å². The Morgan fingerprint density at radius 2 is 1.10 bits per heavy atom. The molecule has 41 heavy (non-hydrogen) atoms. The second-order valence-electron chi connectivity index (χ2n) is 8.22. The molecule has 0 aliphatic carbocycles. The fourth-order valence-electron chi connectivity index (χ4n) is 3.05. The summed E-state index contributed by atoms with van der Waals surface area (Å²) >= 11 is 0. The summed E-state index contributed by atoms with van der Waals surface area (Å²) in [4.78, 5) is 3.99. The third kappa shape index (κ3) is 7.89. The largest absolute Gasteiger partial charge is 0.743 e. The topological polar surface area (TPSA) is 66.4 Å². The second kappa shape index (κ2) is 13.4. The van der Waals surface area contributed by atoms with E-state index >= 15 is 0 Å². The van der Waals surface area contributed by atoms with Gasteiger partial charge in [-0.1, -0.05) is 49.7 Å². The maximum atomic E-state index is 12.2. The Kier molecular flexibility index (Phi) is 11.2. The molecular formula is C26H23F9O4S2. The van der Waals surface area contributed by atoms with Crippen LogP contribution in [-0.2, 0) is 21.0 Å². The summed E-state index contributed by atoms with van der Waals surface area (Å²) in [7, 11) is -7.50.